The minimum atomic E-state index is 0. The Bertz CT molecular complexity index is 1090. The van der Waals surface area contributed by atoms with Gasteiger partial charge in [-0.05, 0) is 31.0 Å². The number of benzene rings is 2. The molecule has 9 heteroatoms. The topological polar surface area (TPSA) is 93.8 Å². The summed E-state index contributed by atoms with van der Waals surface area (Å²) in [7, 11) is 5.05. The Morgan fingerprint density at radius 3 is 2.31 bits per heavy atom. The van der Waals surface area contributed by atoms with Crippen molar-refractivity contribution in [2.45, 2.75) is 18.9 Å². The van der Waals surface area contributed by atoms with Gasteiger partial charge in [0.05, 0.1) is 19.7 Å². The minimum absolute atomic E-state index is 0. The standard InChI is InChI=1S/C23H27N5O3.ClH/c1-27(22(29)15-7-5-4-6-8-15)16-9-11-28(12-10-16)23-25-18-14-20(31-3)19(30-2)13-17(18)21(24)26-23;/h4-8,13-14,16H,9-12H2,1-3H3,(H2,24,25,26);1H. The molecule has 0 saturated carbocycles. The van der Waals surface area contributed by atoms with Crippen molar-refractivity contribution in [2.75, 3.05) is 45.0 Å². The van der Waals surface area contributed by atoms with Crippen molar-refractivity contribution in [1.29, 1.82) is 0 Å². The van der Waals surface area contributed by atoms with E-state index in [1.807, 2.05) is 48.3 Å². The maximum absolute atomic E-state index is 12.7. The molecule has 0 atom stereocenters. The largest absolute Gasteiger partial charge is 0.493 e. The summed E-state index contributed by atoms with van der Waals surface area (Å²) in [4.78, 5) is 25.9. The number of hydrogen-bond acceptors (Lipinski definition) is 7. The molecule has 0 spiro atoms. The van der Waals surface area contributed by atoms with E-state index < -0.39 is 0 Å². The highest BCUT2D eigenvalue weighted by molar-refractivity contribution is 5.94. The van der Waals surface area contributed by atoms with Crippen LogP contribution in [-0.2, 0) is 0 Å². The summed E-state index contributed by atoms with van der Waals surface area (Å²) < 4.78 is 10.7. The first-order valence-corrected chi connectivity index (χ1v) is 10.3. The van der Waals surface area contributed by atoms with Gasteiger partial charge in [-0.1, -0.05) is 18.2 Å². The number of hydrogen-bond donors (Lipinski definition) is 1. The summed E-state index contributed by atoms with van der Waals surface area (Å²) in [6.07, 6.45) is 1.67. The van der Waals surface area contributed by atoms with Crippen molar-refractivity contribution in [2.24, 2.45) is 0 Å². The summed E-state index contributed by atoms with van der Waals surface area (Å²) in [6.45, 7) is 1.49. The lowest BCUT2D eigenvalue weighted by Gasteiger charge is -2.37. The summed E-state index contributed by atoms with van der Waals surface area (Å²) in [5.41, 5.74) is 7.65. The molecule has 4 rings (SSSR count). The van der Waals surface area contributed by atoms with E-state index in [4.69, 9.17) is 20.2 Å². The highest BCUT2D eigenvalue weighted by Gasteiger charge is 2.27. The van der Waals surface area contributed by atoms with Crippen LogP contribution in [0.15, 0.2) is 42.5 Å². The van der Waals surface area contributed by atoms with Gasteiger partial charge < -0.3 is 25.0 Å². The maximum Gasteiger partial charge on any atom is 0.253 e. The number of nitrogen functional groups attached to an aromatic ring is 1. The molecule has 1 aromatic heterocycles. The molecule has 1 amide bonds. The molecule has 2 heterocycles. The summed E-state index contributed by atoms with van der Waals surface area (Å²) in [5.74, 6) is 2.22. The molecule has 0 unspecified atom stereocenters. The van der Waals surface area contributed by atoms with Crippen molar-refractivity contribution in [3.05, 3.63) is 48.0 Å². The van der Waals surface area contributed by atoms with Crippen molar-refractivity contribution in [3.63, 3.8) is 0 Å². The van der Waals surface area contributed by atoms with Crippen LogP contribution in [-0.4, -0.2) is 61.2 Å². The lowest BCUT2D eigenvalue weighted by Crippen LogP contribution is -2.46. The van der Waals surface area contributed by atoms with Crippen LogP contribution in [0, 0.1) is 0 Å². The van der Waals surface area contributed by atoms with E-state index in [9.17, 15) is 4.79 Å². The van der Waals surface area contributed by atoms with E-state index in [2.05, 4.69) is 9.88 Å². The Hall–Kier alpha value is -3.26. The Morgan fingerprint density at radius 1 is 1.06 bits per heavy atom. The van der Waals surface area contributed by atoms with Crippen LogP contribution in [0.3, 0.4) is 0 Å². The number of ether oxygens (including phenoxy) is 2. The number of nitrogens with zero attached hydrogens (tertiary/aromatic N) is 4. The molecular weight excluding hydrogens is 430 g/mol. The number of anilines is 2. The lowest BCUT2D eigenvalue weighted by molar-refractivity contribution is 0.0709. The van der Waals surface area contributed by atoms with Gasteiger partial charge in [0, 0.05) is 43.2 Å². The van der Waals surface area contributed by atoms with Crippen LogP contribution in [0.1, 0.15) is 23.2 Å². The molecule has 0 radical (unpaired) electrons. The number of methoxy groups -OCH3 is 2. The van der Waals surface area contributed by atoms with E-state index in [0.29, 0.717) is 34.3 Å². The lowest BCUT2D eigenvalue weighted by atomic mass is 10.0. The summed E-state index contributed by atoms with van der Waals surface area (Å²) >= 11 is 0. The monoisotopic (exact) mass is 457 g/mol. The molecule has 2 N–H and O–H groups in total. The summed E-state index contributed by atoms with van der Waals surface area (Å²) in [6, 6.07) is 13.2. The molecule has 1 fully saturated rings. The van der Waals surface area contributed by atoms with Crippen molar-refractivity contribution in [1.82, 2.24) is 14.9 Å². The normalized spacial score (nSPS) is 14.0. The van der Waals surface area contributed by atoms with Gasteiger partial charge in [-0.3, -0.25) is 4.79 Å². The quantitative estimate of drug-likeness (QED) is 0.627. The van der Waals surface area contributed by atoms with Gasteiger partial charge in [0.25, 0.3) is 5.91 Å². The number of nitrogens with two attached hydrogens (primary N) is 1. The third kappa shape index (κ3) is 4.50. The highest BCUT2D eigenvalue weighted by atomic mass is 35.5. The van der Waals surface area contributed by atoms with Crippen LogP contribution < -0.4 is 20.1 Å². The van der Waals surface area contributed by atoms with Crippen LogP contribution in [0.2, 0.25) is 0 Å². The second kappa shape index (κ2) is 9.91. The second-order valence-corrected chi connectivity index (χ2v) is 7.63. The van der Waals surface area contributed by atoms with Gasteiger partial charge >= 0.3 is 0 Å². The van der Waals surface area contributed by atoms with Gasteiger partial charge in [0.2, 0.25) is 5.95 Å². The predicted molar refractivity (Wildman–Crippen MR) is 128 cm³/mol. The number of carbonyl (C=O) groups excluding carboxylic acids is 1. The number of rotatable bonds is 5. The molecule has 8 nitrogen and oxygen atoms in total. The fourth-order valence-corrected chi connectivity index (χ4v) is 4.01. The zero-order chi connectivity index (χ0) is 22.0. The molecule has 3 aromatic rings. The number of halogens is 1. The first kappa shape index (κ1) is 23.4. The minimum Gasteiger partial charge on any atom is -0.493 e. The molecule has 2 aromatic carbocycles. The van der Waals surface area contributed by atoms with Crippen LogP contribution in [0.5, 0.6) is 11.5 Å². The molecule has 0 bridgehead atoms. The Kier molecular flexibility index (Phi) is 7.25. The average molecular weight is 458 g/mol. The van der Waals surface area contributed by atoms with Gasteiger partial charge in [-0.25, -0.2) is 4.98 Å². The number of carbonyl (C=O) groups is 1. The zero-order valence-corrected chi connectivity index (χ0v) is 19.3. The number of aromatic nitrogens is 2. The van der Waals surface area contributed by atoms with E-state index in [-0.39, 0.29) is 24.4 Å². The maximum atomic E-state index is 12.7. The van der Waals surface area contributed by atoms with Gasteiger partial charge in [-0.2, -0.15) is 4.98 Å². The van der Waals surface area contributed by atoms with Crippen molar-refractivity contribution < 1.29 is 14.3 Å². The molecule has 0 aliphatic carbocycles. The van der Waals surface area contributed by atoms with Gasteiger partial charge in [0.1, 0.15) is 5.82 Å². The van der Waals surface area contributed by atoms with E-state index in [1.54, 1.807) is 20.3 Å². The first-order chi connectivity index (χ1) is 15.0. The molecule has 1 saturated heterocycles. The smallest absolute Gasteiger partial charge is 0.253 e. The number of piperidine rings is 1. The number of fused-ring (bicyclic) bond motifs is 1. The number of amides is 1. The molecule has 170 valence electrons. The van der Waals surface area contributed by atoms with E-state index in [1.165, 1.54) is 0 Å². The first-order valence-electron chi connectivity index (χ1n) is 10.3. The highest BCUT2D eigenvalue weighted by Crippen LogP contribution is 2.34. The van der Waals surface area contributed by atoms with Gasteiger partial charge in [-0.15, -0.1) is 12.4 Å². The summed E-state index contributed by atoms with van der Waals surface area (Å²) in [5, 5.41) is 0.726. The van der Waals surface area contributed by atoms with E-state index >= 15 is 0 Å². The van der Waals surface area contributed by atoms with Crippen LogP contribution in [0.25, 0.3) is 10.9 Å². The van der Waals surface area contributed by atoms with Crippen molar-refractivity contribution in [3.8, 4) is 11.5 Å². The fraction of sp³-hybridized carbons (Fsp3) is 0.348. The predicted octanol–water partition coefficient (Wildman–Crippen LogP) is 3.39. The SMILES string of the molecule is COc1cc2nc(N3CCC(N(C)C(=O)c4ccccc4)CC3)nc(N)c2cc1OC.Cl. The Morgan fingerprint density at radius 2 is 1.69 bits per heavy atom. The molecule has 1 aliphatic rings. The molecular formula is C23H28ClN5O3. The van der Waals surface area contributed by atoms with Crippen molar-refractivity contribution >= 4 is 41.0 Å². The third-order valence-corrected chi connectivity index (χ3v) is 5.85. The Balaban J connectivity index is 0.00000289. The van der Waals surface area contributed by atoms with E-state index in [0.717, 1.165) is 31.3 Å². The fourth-order valence-electron chi connectivity index (χ4n) is 4.01. The third-order valence-electron chi connectivity index (χ3n) is 5.85. The Labute approximate surface area is 193 Å². The molecule has 32 heavy (non-hydrogen) atoms. The van der Waals surface area contributed by atoms with Crippen LogP contribution in [0.4, 0.5) is 11.8 Å². The van der Waals surface area contributed by atoms with Crippen LogP contribution >= 0.6 is 12.4 Å². The van der Waals surface area contributed by atoms with Gasteiger partial charge in [0.15, 0.2) is 11.5 Å². The molecule has 1 aliphatic heterocycles. The average Bonchev–Trinajstić information content (AvgIpc) is 2.82. The zero-order valence-electron chi connectivity index (χ0n) is 18.4. The second-order valence-electron chi connectivity index (χ2n) is 7.63.